The molecule has 1 aromatic rings. The summed E-state index contributed by atoms with van der Waals surface area (Å²) >= 11 is 0. The molecule has 0 aromatic heterocycles. The fourth-order valence-electron chi connectivity index (χ4n) is 1.93. The Labute approximate surface area is 141 Å². The molecule has 0 aliphatic heterocycles. The van der Waals surface area contributed by atoms with Crippen LogP contribution in [0.1, 0.15) is 27.2 Å². The van der Waals surface area contributed by atoms with Crippen LogP contribution in [0.3, 0.4) is 0 Å². The molecule has 0 radical (unpaired) electrons. The molecule has 7 nitrogen and oxygen atoms in total. The van der Waals surface area contributed by atoms with E-state index in [9.17, 15) is 17.6 Å². The average Bonchev–Trinajstić information content (AvgIpc) is 2.44. The fraction of sp³-hybridized carbons (Fsp3) is 0.533. The van der Waals surface area contributed by atoms with Crippen LogP contribution in [-0.4, -0.2) is 39.6 Å². The average molecular weight is 361 g/mol. The number of nitrogens with one attached hydrogen (secondary N) is 2. The molecule has 1 amide bonds. The molecule has 1 aromatic carbocycles. The van der Waals surface area contributed by atoms with Crippen LogP contribution in [0.2, 0.25) is 0 Å². The Morgan fingerprint density at radius 3 is 2.50 bits per heavy atom. The second-order valence-corrected chi connectivity index (χ2v) is 8.00. The number of carbonyl (C=O) groups excluding carboxylic acids is 1. The summed E-state index contributed by atoms with van der Waals surface area (Å²) in [7, 11) is -2.62. The van der Waals surface area contributed by atoms with Crippen LogP contribution < -0.4 is 15.8 Å². The summed E-state index contributed by atoms with van der Waals surface area (Å²) in [5.74, 6) is -1.31. The van der Waals surface area contributed by atoms with Gasteiger partial charge in [-0.2, -0.15) is 0 Å². The van der Waals surface area contributed by atoms with Gasteiger partial charge in [0.15, 0.2) is 0 Å². The lowest BCUT2D eigenvalue weighted by Crippen LogP contribution is -2.40. The number of rotatable bonds is 7. The topological polar surface area (TPSA) is 111 Å². The predicted octanol–water partition coefficient (Wildman–Crippen LogP) is 1.20. The van der Waals surface area contributed by atoms with Crippen LogP contribution in [-0.2, 0) is 19.6 Å². The van der Waals surface area contributed by atoms with Crippen LogP contribution in [0.25, 0.3) is 0 Å². The molecular weight excluding hydrogens is 337 g/mol. The molecule has 1 atom stereocenters. The number of nitrogens with two attached hydrogens (primary N) is 1. The molecule has 0 saturated carbocycles. The highest BCUT2D eigenvalue weighted by molar-refractivity contribution is 7.89. The molecule has 4 N–H and O–H groups in total. The summed E-state index contributed by atoms with van der Waals surface area (Å²) in [6, 6.07) is 3.35. The van der Waals surface area contributed by atoms with Crippen LogP contribution >= 0.6 is 0 Å². The number of anilines is 1. The van der Waals surface area contributed by atoms with Crippen LogP contribution in [0.4, 0.5) is 10.1 Å². The number of ether oxygens (including phenoxy) is 1. The lowest BCUT2D eigenvalue weighted by Gasteiger charge is -2.21. The van der Waals surface area contributed by atoms with Crippen molar-refractivity contribution in [2.24, 2.45) is 5.73 Å². The molecular formula is C15H24FN3O4S. The van der Waals surface area contributed by atoms with Gasteiger partial charge in [0.25, 0.3) is 0 Å². The van der Waals surface area contributed by atoms with Gasteiger partial charge in [0.2, 0.25) is 15.9 Å². The van der Waals surface area contributed by atoms with Crippen molar-refractivity contribution >= 4 is 21.6 Å². The van der Waals surface area contributed by atoms with Gasteiger partial charge in [-0.1, -0.05) is 0 Å². The lowest BCUT2D eigenvalue weighted by atomic mass is 10.1. The van der Waals surface area contributed by atoms with Gasteiger partial charge in [0.05, 0.1) is 12.5 Å². The zero-order valence-electron chi connectivity index (χ0n) is 14.2. The van der Waals surface area contributed by atoms with Crippen molar-refractivity contribution in [3.63, 3.8) is 0 Å². The summed E-state index contributed by atoms with van der Waals surface area (Å²) in [5.41, 5.74) is 4.85. The van der Waals surface area contributed by atoms with Gasteiger partial charge < -0.3 is 15.8 Å². The van der Waals surface area contributed by atoms with Gasteiger partial charge in [-0.25, -0.2) is 17.5 Å². The molecule has 0 aliphatic carbocycles. The van der Waals surface area contributed by atoms with E-state index in [1.807, 2.05) is 0 Å². The third kappa shape index (κ3) is 6.16. The standard InChI is InChI=1S/C15H24FN3O4S/c1-15(2,3)19-24(21,22)13-7-10(5-6-12(13)16)18-14(20)8-11(9-17)23-4/h5-7,11,19H,8-9,17H2,1-4H3,(H,18,20). The van der Waals surface area contributed by atoms with E-state index in [1.165, 1.54) is 13.2 Å². The van der Waals surface area contributed by atoms with Crippen LogP contribution in [0.15, 0.2) is 23.1 Å². The van der Waals surface area contributed by atoms with Gasteiger partial charge in [0.1, 0.15) is 10.7 Å². The molecule has 1 rings (SSSR count). The summed E-state index contributed by atoms with van der Waals surface area (Å²) in [4.78, 5) is 11.4. The number of carbonyl (C=O) groups is 1. The van der Waals surface area contributed by atoms with Crippen molar-refractivity contribution in [1.29, 1.82) is 0 Å². The first kappa shape index (κ1) is 20.5. The molecule has 136 valence electrons. The minimum absolute atomic E-state index is 0.00665. The zero-order valence-corrected chi connectivity index (χ0v) is 15.0. The Hall–Kier alpha value is -1.55. The van der Waals surface area contributed by atoms with Crippen molar-refractivity contribution in [3.05, 3.63) is 24.0 Å². The maximum atomic E-state index is 13.9. The van der Waals surface area contributed by atoms with E-state index in [-0.39, 0.29) is 18.7 Å². The first-order valence-corrected chi connectivity index (χ1v) is 8.83. The first-order valence-electron chi connectivity index (χ1n) is 7.34. The molecule has 0 heterocycles. The third-order valence-corrected chi connectivity index (χ3v) is 4.73. The van der Waals surface area contributed by atoms with E-state index < -0.39 is 38.3 Å². The molecule has 0 spiro atoms. The highest BCUT2D eigenvalue weighted by Crippen LogP contribution is 2.21. The number of halogens is 1. The van der Waals surface area contributed by atoms with E-state index in [0.29, 0.717) is 0 Å². The first-order chi connectivity index (χ1) is 11.0. The van der Waals surface area contributed by atoms with E-state index in [0.717, 1.165) is 12.1 Å². The summed E-state index contributed by atoms with van der Waals surface area (Å²) in [6.45, 7) is 5.10. The van der Waals surface area contributed by atoms with E-state index in [2.05, 4.69) is 10.0 Å². The number of sulfonamides is 1. The summed E-state index contributed by atoms with van der Waals surface area (Å²) in [6.07, 6.45) is -0.441. The van der Waals surface area contributed by atoms with Gasteiger partial charge in [-0.15, -0.1) is 0 Å². The van der Waals surface area contributed by atoms with E-state index in [1.54, 1.807) is 20.8 Å². The smallest absolute Gasteiger partial charge is 0.244 e. The second kappa shape index (κ2) is 8.02. The molecule has 0 aliphatic rings. The number of methoxy groups -OCH3 is 1. The highest BCUT2D eigenvalue weighted by Gasteiger charge is 2.25. The summed E-state index contributed by atoms with van der Waals surface area (Å²) < 4.78 is 45.9. The minimum Gasteiger partial charge on any atom is -0.380 e. The maximum Gasteiger partial charge on any atom is 0.244 e. The monoisotopic (exact) mass is 361 g/mol. The fourth-order valence-corrected chi connectivity index (χ4v) is 3.45. The van der Waals surface area contributed by atoms with Crippen LogP contribution in [0, 0.1) is 5.82 Å². The predicted molar refractivity (Wildman–Crippen MR) is 89.6 cm³/mol. The Bertz CT molecular complexity index is 682. The number of hydrogen-bond acceptors (Lipinski definition) is 5. The van der Waals surface area contributed by atoms with Gasteiger partial charge in [-0.05, 0) is 39.0 Å². The van der Waals surface area contributed by atoms with Gasteiger partial charge >= 0.3 is 0 Å². The lowest BCUT2D eigenvalue weighted by molar-refractivity contribution is -0.118. The Kier molecular flexibility index (Phi) is 6.85. The Morgan fingerprint density at radius 2 is 2.00 bits per heavy atom. The highest BCUT2D eigenvalue weighted by atomic mass is 32.2. The molecule has 24 heavy (non-hydrogen) atoms. The normalized spacial score (nSPS) is 13.6. The SMILES string of the molecule is COC(CN)CC(=O)Nc1ccc(F)c(S(=O)(=O)NC(C)(C)C)c1. The maximum absolute atomic E-state index is 13.9. The Balaban J connectivity index is 3.00. The summed E-state index contributed by atoms with van der Waals surface area (Å²) in [5, 5.41) is 2.51. The zero-order chi connectivity index (χ0) is 18.5. The number of hydrogen-bond donors (Lipinski definition) is 3. The Morgan fingerprint density at radius 1 is 1.38 bits per heavy atom. The molecule has 0 fully saturated rings. The number of benzene rings is 1. The molecule has 1 unspecified atom stereocenters. The van der Waals surface area contributed by atoms with Gasteiger partial charge in [0, 0.05) is 24.9 Å². The van der Waals surface area contributed by atoms with Crippen LogP contribution in [0.5, 0.6) is 0 Å². The van der Waals surface area contributed by atoms with Crippen molar-refractivity contribution < 1.29 is 22.3 Å². The molecule has 0 bridgehead atoms. The third-order valence-electron chi connectivity index (χ3n) is 2.95. The van der Waals surface area contributed by atoms with E-state index >= 15 is 0 Å². The largest absolute Gasteiger partial charge is 0.380 e. The quantitative estimate of drug-likeness (QED) is 0.676. The van der Waals surface area contributed by atoms with Crippen molar-refractivity contribution in [2.75, 3.05) is 19.0 Å². The van der Waals surface area contributed by atoms with Crippen molar-refractivity contribution in [3.8, 4) is 0 Å². The number of amides is 1. The molecule has 9 heteroatoms. The van der Waals surface area contributed by atoms with Gasteiger partial charge in [-0.3, -0.25) is 4.79 Å². The minimum atomic E-state index is -4.06. The van der Waals surface area contributed by atoms with E-state index in [4.69, 9.17) is 10.5 Å². The van der Waals surface area contributed by atoms with Crippen molar-refractivity contribution in [1.82, 2.24) is 4.72 Å². The second-order valence-electron chi connectivity index (χ2n) is 6.35. The molecule has 0 saturated heterocycles. The van der Waals surface area contributed by atoms with Crippen molar-refractivity contribution in [2.45, 2.75) is 43.7 Å².